The van der Waals surface area contributed by atoms with Crippen LogP contribution in [0.3, 0.4) is 0 Å². The molecule has 0 N–H and O–H groups in total. The van der Waals surface area contributed by atoms with E-state index in [-0.39, 0.29) is 5.91 Å². The molecule has 3 aliphatic rings. The number of aromatic nitrogens is 2. The van der Waals surface area contributed by atoms with Crippen molar-refractivity contribution in [2.75, 3.05) is 13.1 Å². The highest BCUT2D eigenvalue weighted by Gasteiger charge is 2.46. The third-order valence-electron chi connectivity index (χ3n) is 7.15. The molecular formula is C24H30N4O2. The molecule has 30 heavy (non-hydrogen) atoms. The summed E-state index contributed by atoms with van der Waals surface area (Å²) in [5.74, 6) is 0.873. The second kappa shape index (κ2) is 7.56. The normalized spacial score (nSPS) is 24.1. The Kier molecular flexibility index (Phi) is 4.88. The van der Waals surface area contributed by atoms with Crippen LogP contribution in [-0.2, 0) is 11.3 Å². The maximum atomic E-state index is 13.4. The van der Waals surface area contributed by atoms with Gasteiger partial charge in [0.1, 0.15) is 0 Å². The van der Waals surface area contributed by atoms with Crippen LogP contribution in [0.5, 0.6) is 0 Å². The van der Waals surface area contributed by atoms with E-state index in [1.807, 2.05) is 36.1 Å². The Hall–Kier alpha value is -2.63. The first kappa shape index (κ1) is 19.3. The van der Waals surface area contributed by atoms with E-state index < -0.39 is 0 Å². The van der Waals surface area contributed by atoms with Crippen LogP contribution >= 0.6 is 0 Å². The Morgan fingerprint density at radius 3 is 2.73 bits per heavy atom. The fraction of sp³-hybridized carbons (Fsp3) is 0.542. The molecule has 4 heterocycles. The third-order valence-corrected chi connectivity index (χ3v) is 7.15. The molecular weight excluding hydrogens is 376 g/mol. The fourth-order valence-corrected chi connectivity index (χ4v) is 5.39. The van der Waals surface area contributed by atoms with Crippen LogP contribution in [0.15, 0.2) is 30.5 Å². The number of fused-ring (bicyclic) bond motifs is 1. The second-order valence-electron chi connectivity index (χ2n) is 9.13. The van der Waals surface area contributed by atoms with Crippen LogP contribution in [0.1, 0.15) is 59.5 Å². The number of nitrogens with zero attached hydrogens (tertiary/aromatic N) is 4. The smallest absolute Gasteiger partial charge is 0.255 e. The van der Waals surface area contributed by atoms with Crippen molar-refractivity contribution in [3.05, 3.63) is 53.1 Å². The van der Waals surface area contributed by atoms with Gasteiger partial charge in [0, 0.05) is 49.2 Å². The molecule has 2 unspecified atom stereocenters. The van der Waals surface area contributed by atoms with Gasteiger partial charge in [0.2, 0.25) is 5.91 Å². The third kappa shape index (κ3) is 3.42. The summed E-state index contributed by atoms with van der Waals surface area (Å²) in [6, 6.07) is 8.75. The molecule has 0 bridgehead atoms. The Balaban J connectivity index is 1.32. The molecule has 0 radical (unpaired) electrons. The number of aryl methyl sites for hydroxylation is 1. The van der Waals surface area contributed by atoms with Gasteiger partial charge in [-0.25, -0.2) is 0 Å². The van der Waals surface area contributed by atoms with E-state index in [9.17, 15) is 9.59 Å². The quantitative estimate of drug-likeness (QED) is 0.784. The molecule has 2 aromatic heterocycles. The molecule has 5 rings (SSSR count). The Bertz CT molecular complexity index is 963. The van der Waals surface area contributed by atoms with E-state index in [1.54, 1.807) is 6.20 Å². The Morgan fingerprint density at radius 2 is 2.00 bits per heavy atom. The van der Waals surface area contributed by atoms with Gasteiger partial charge in [-0.05, 0) is 63.6 Å². The molecule has 158 valence electrons. The molecule has 0 aromatic carbocycles. The highest BCUT2D eigenvalue weighted by molar-refractivity contribution is 5.96. The standard InChI is InChI=1S/C24H30N4O2/c1-16-13-21(17(2)27(16)15-19-5-3-4-11-25-19)24(30)26-12-10-22-18(14-26)6-9-23(29)28(22)20-7-8-20/h3-5,11,13,18,20,22H,6-10,12,14-15H2,1-2H3. The van der Waals surface area contributed by atoms with Crippen molar-refractivity contribution in [2.24, 2.45) is 5.92 Å². The monoisotopic (exact) mass is 406 g/mol. The SMILES string of the molecule is Cc1cc(C(=O)N2CCC3C(CCC(=O)N3C3CC3)C2)c(C)n1Cc1ccccn1. The number of rotatable bonds is 4. The summed E-state index contributed by atoms with van der Waals surface area (Å²) in [5, 5.41) is 0. The van der Waals surface area contributed by atoms with Crippen molar-refractivity contribution in [1.29, 1.82) is 0 Å². The first-order valence-electron chi connectivity index (χ1n) is 11.2. The van der Waals surface area contributed by atoms with Crippen LogP contribution in [-0.4, -0.2) is 56.3 Å². The van der Waals surface area contributed by atoms with Crippen molar-refractivity contribution in [3.63, 3.8) is 0 Å². The first-order valence-corrected chi connectivity index (χ1v) is 11.2. The molecule has 1 aliphatic carbocycles. The molecule has 2 atom stereocenters. The van der Waals surface area contributed by atoms with Crippen molar-refractivity contribution in [2.45, 2.75) is 64.6 Å². The molecule has 0 spiro atoms. The maximum Gasteiger partial charge on any atom is 0.255 e. The largest absolute Gasteiger partial charge is 0.342 e. The lowest BCUT2D eigenvalue weighted by Gasteiger charge is -2.47. The van der Waals surface area contributed by atoms with Crippen molar-refractivity contribution in [1.82, 2.24) is 19.4 Å². The zero-order valence-corrected chi connectivity index (χ0v) is 17.9. The van der Waals surface area contributed by atoms with E-state index in [1.165, 1.54) is 0 Å². The highest BCUT2D eigenvalue weighted by Crippen LogP contribution is 2.39. The van der Waals surface area contributed by atoms with Gasteiger partial charge >= 0.3 is 0 Å². The summed E-state index contributed by atoms with van der Waals surface area (Å²) in [5.41, 5.74) is 3.88. The lowest BCUT2D eigenvalue weighted by Crippen LogP contribution is -2.57. The van der Waals surface area contributed by atoms with Gasteiger partial charge in [-0.1, -0.05) is 6.07 Å². The molecule has 1 saturated carbocycles. The fourth-order valence-electron chi connectivity index (χ4n) is 5.39. The zero-order chi connectivity index (χ0) is 20.8. The van der Waals surface area contributed by atoms with Crippen molar-refractivity contribution >= 4 is 11.8 Å². The Labute approximate surface area is 177 Å². The molecule has 6 nitrogen and oxygen atoms in total. The minimum absolute atomic E-state index is 0.128. The van der Waals surface area contributed by atoms with Crippen molar-refractivity contribution < 1.29 is 9.59 Å². The number of hydrogen-bond acceptors (Lipinski definition) is 3. The van der Waals surface area contributed by atoms with Gasteiger partial charge in [0.15, 0.2) is 0 Å². The Morgan fingerprint density at radius 1 is 1.17 bits per heavy atom. The van der Waals surface area contributed by atoms with Gasteiger partial charge < -0.3 is 14.4 Å². The van der Waals surface area contributed by atoms with Crippen LogP contribution in [0.25, 0.3) is 0 Å². The van der Waals surface area contributed by atoms with E-state index in [2.05, 4.69) is 21.4 Å². The molecule has 2 amide bonds. The summed E-state index contributed by atoms with van der Waals surface area (Å²) in [4.78, 5) is 34.5. The minimum atomic E-state index is 0.128. The number of likely N-dealkylation sites (tertiary alicyclic amines) is 2. The van der Waals surface area contributed by atoms with Crippen LogP contribution in [0.2, 0.25) is 0 Å². The summed E-state index contributed by atoms with van der Waals surface area (Å²) in [6.07, 6.45) is 6.57. The summed E-state index contributed by atoms with van der Waals surface area (Å²) >= 11 is 0. The van der Waals surface area contributed by atoms with Crippen LogP contribution < -0.4 is 0 Å². The average Bonchev–Trinajstić information content (AvgIpc) is 3.56. The summed E-state index contributed by atoms with van der Waals surface area (Å²) in [7, 11) is 0. The molecule has 2 aliphatic heterocycles. The maximum absolute atomic E-state index is 13.4. The minimum Gasteiger partial charge on any atom is -0.342 e. The van der Waals surface area contributed by atoms with Gasteiger partial charge in [-0.2, -0.15) is 0 Å². The van der Waals surface area contributed by atoms with E-state index in [4.69, 9.17) is 0 Å². The molecule has 6 heteroatoms. The second-order valence-corrected chi connectivity index (χ2v) is 9.13. The summed E-state index contributed by atoms with van der Waals surface area (Å²) in [6.45, 7) is 6.27. The molecule has 2 aromatic rings. The molecule has 3 fully saturated rings. The number of pyridine rings is 1. The predicted molar refractivity (Wildman–Crippen MR) is 114 cm³/mol. The van der Waals surface area contributed by atoms with E-state index >= 15 is 0 Å². The zero-order valence-electron chi connectivity index (χ0n) is 17.9. The number of hydrogen-bond donors (Lipinski definition) is 0. The number of amides is 2. The van der Waals surface area contributed by atoms with E-state index in [0.717, 1.165) is 61.4 Å². The number of carbonyl (C=O) groups excluding carboxylic acids is 2. The van der Waals surface area contributed by atoms with Gasteiger partial charge in [0.05, 0.1) is 17.8 Å². The van der Waals surface area contributed by atoms with Gasteiger partial charge in [-0.15, -0.1) is 0 Å². The number of piperidine rings is 2. The van der Waals surface area contributed by atoms with Gasteiger partial charge in [-0.3, -0.25) is 14.6 Å². The van der Waals surface area contributed by atoms with Crippen LogP contribution in [0, 0.1) is 19.8 Å². The van der Waals surface area contributed by atoms with Gasteiger partial charge in [0.25, 0.3) is 5.91 Å². The lowest BCUT2D eigenvalue weighted by molar-refractivity contribution is -0.141. The van der Waals surface area contributed by atoms with Crippen molar-refractivity contribution in [3.8, 4) is 0 Å². The van der Waals surface area contributed by atoms with E-state index in [0.29, 0.717) is 36.9 Å². The molecule has 2 saturated heterocycles. The summed E-state index contributed by atoms with van der Waals surface area (Å²) < 4.78 is 2.18. The highest BCUT2D eigenvalue weighted by atomic mass is 16.2. The predicted octanol–water partition coefficient (Wildman–Crippen LogP) is 3.16. The first-order chi connectivity index (χ1) is 14.5. The number of carbonyl (C=O) groups is 2. The lowest BCUT2D eigenvalue weighted by atomic mass is 9.83. The topological polar surface area (TPSA) is 58.4 Å². The average molecular weight is 407 g/mol. The van der Waals surface area contributed by atoms with Crippen LogP contribution in [0.4, 0.5) is 0 Å².